The minimum atomic E-state index is -2.85. The Morgan fingerprint density at radius 1 is 1.40 bits per heavy atom. The van der Waals surface area contributed by atoms with Crippen LogP contribution in [0, 0.1) is 0 Å². The van der Waals surface area contributed by atoms with Crippen LogP contribution in [0.15, 0.2) is 18.2 Å². The van der Waals surface area contributed by atoms with Crippen LogP contribution < -0.4 is 15.2 Å². The van der Waals surface area contributed by atoms with E-state index >= 15 is 0 Å². The molecule has 0 saturated carbocycles. The predicted molar refractivity (Wildman–Crippen MR) is 72.1 cm³/mol. The van der Waals surface area contributed by atoms with Gasteiger partial charge in [-0.25, -0.2) is 0 Å². The van der Waals surface area contributed by atoms with E-state index in [4.69, 9.17) is 10.5 Å². The van der Waals surface area contributed by atoms with Crippen molar-refractivity contribution in [3.8, 4) is 11.5 Å². The van der Waals surface area contributed by atoms with Crippen LogP contribution in [0.25, 0.3) is 0 Å². The van der Waals surface area contributed by atoms with Gasteiger partial charge in [0, 0.05) is 25.7 Å². The van der Waals surface area contributed by atoms with E-state index in [1.165, 1.54) is 6.07 Å². The Bertz CT molecular complexity index is 443. The molecule has 1 aromatic carbocycles. The molecule has 1 unspecified atom stereocenters. The van der Waals surface area contributed by atoms with Gasteiger partial charge < -0.3 is 15.2 Å². The Hall–Kier alpha value is -1.40. The number of likely N-dealkylation sites (tertiary alicyclic amines) is 1. The van der Waals surface area contributed by atoms with Crippen LogP contribution in [0.5, 0.6) is 11.5 Å². The maximum Gasteiger partial charge on any atom is 0.387 e. The van der Waals surface area contributed by atoms with Crippen molar-refractivity contribution in [2.24, 2.45) is 5.73 Å². The molecule has 112 valence electrons. The summed E-state index contributed by atoms with van der Waals surface area (Å²) in [6.45, 7) is 1.91. The van der Waals surface area contributed by atoms with Crippen LogP contribution in [0.2, 0.25) is 0 Å². The van der Waals surface area contributed by atoms with E-state index in [9.17, 15) is 8.78 Å². The Morgan fingerprint density at radius 2 is 2.20 bits per heavy atom. The molecule has 1 aliphatic heterocycles. The molecule has 0 amide bonds. The Morgan fingerprint density at radius 3 is 2.80 bits per heavy atom. The zero-order chi connectivity index (χ0) is 14.5. The van der Waals surface area contributed by atoms with Crippen molar-refractivity contribution in [1.82, 2.24) is 4.90 Å². The fraction of sp³-hybridized carbons (Fsp3) is 0.571. The summed E-state index contributed by atoms with van der Waals surface area (Å²) in [4.78, 5) is 2.24. The van der Waals surface area contributed by atoms with E-state index in [0.717, 1.165) is 31.6 Å². The van der Waals surface area contributed by atoms with Gasteiger partial charge in [-0.05, 0) is 31.0 Å². The van der Waals surface area contributed by atoms with Gasteiger partial charge in [0.1, 0.15) is 0 Å². The Kier molecular flexibility index (Phi) is 5.14. The molecule has 0 radical (unpaired) electrons. The molecular formula is C14H20F2N2O2. The van der Waals surface area contributed by atoms with E-state index in [1.807, 2.05) is 0 Å². The Labute approximate surface area is 117 Å². The third kappa shape index (κ3) is 4.05. The van der Waals surface area contributed by atoms with Crippen molar-refractivity contribution in [2.75, 3.05) is 19.7 Å². The number of benzene rings is 1. The molecule has 20 heavy (non-hydrogen) atoms. The lowest BCUT2D eigenvalue weighted by Crippen LogP contribution is -2.26. The van der Waals surface area contributed by atoms with Crippen LogP contribution in [-0.4, -0.2) is 37.2 Å². The molecule has 0 aliphatic carbocycles. The second kappa shape index (κ2) is 6.85. The first-order valence-corrected chi connectivity index (χ1v) is 6.77. The maximum absolute atomic E-state index is 12.3. The van der Waals surface area contributed by atoms with Crippen molar-refractivity contribution in [3.05, 3.63) is 23.8 Å². The van der Waals surface area contributed by atoms with E-state index in [-0.39, 0.29) is 11.8 Å². The fourth-order valence-corrected chi connectivity index (χ4v) is 2.38. The summed E-state index contributed by atoms with van der Waals surface area (Å²) in [5.41, 5.74) is 6.87. The van der Waals surface area contributed by atoms with Crippen LogP contribution in [0.4, 0.5) is 8.78 Å². The maximum atomic E-state index is 12.3. The highest BCUT2D eigenvalue weighted by atomic mass is 19.3. The van der Waals surface area contributed by atoms with Gasteiger partial charge in [-0.1, -0.05) is 6.07 Å². The first-order valence-electron chi connectivity index (χ1n) is 6.77. The quantitative estimate of drug-likeness (QED) is 0.871. The lowest BCUT2D eigenvalue weighted by Gasteiger charge is -2.17. The molecule has 2 rings (SSSR count). The van der Waals surface area contributed by atoms with E-state index in [2.05, 4.69) is 9.64 Å². The summed E-state index contributed by atoms with van der Waals surface area (Å²) < 4.78 is 34.4. The van der Waals surface area contributed by atoms with E-state index < -0.39 is 6.61 Å². The zero-order valence-corrected chi connectivity index (χ0v) is 11.5. The van der Waals surface area contributed by atoms with Gasteiger partial charge in [-0.3, -0.25) is 4.90 Å². The van der Waals surface area contributed by atoms with Gasteiger partial charge in [0.05, 0.1) is 6.61 Å². The predicted octanol–water partition coefficient (Wildman–Crippen LogP) is 2.22. The van der Waals surface area contributed by atoms with Crippen molar-refractivity contribution in [1.29, 1.82) is 0 Å². The summed E-state index contributed by atoms with van der Waals surface area (Å²) in [6.07, 6.45) is 0.991. The van der Waals surface area contributed by atoms with Crippen molar-refractivity contribution >= 4 is 0 Å². The highest BCUT2D eigenvalue weighted by Crippen LogP contribution is 2.30. The highest BCUT2D eigenvalue weighted by Gasteiger charge is 2.19. The molecule has 1 aliphatic rings. The third-order valence-corrected chi connectivity index (χ3v) is 3.24. The number of rotatable bonds is 6. The summed E-state index contributed by atoms with van der Waals surface area (Å²) in [7, 11) is 0. The smallest absolute Gasteiger partial charge is 0.387 e. The van der Waals surface area contributed by atoms with Crippen molar-refractivity contribution < 1.29 is 18.3 Å². The zero-order valence-electron chi connectivity index (χ0n) is 11.5. The fourth-order valence-electron chi connectivity index (χ4n) is 2.38. The summed E-state index contributed by atoms with van der Waals surface area (Å²) in [5.74, 6) is 0.428. The number of hydrogen-bond donors (Lipinski definition) is 1. The molecule has 0 spiro atoms. The molecule has 2 N–H and O–H groups in total. The molecule has 1 aromatic rings. The van der Waals surface area contributed by atoms with E-state index in [0.29, 0.717) is 12.4 Å². The molecule has 0 bridgehead atoms. The number of nitrogens with zero attached hydrogens (tertiary/aromatic N) is 1. The molecule has 1 fully saturated rings. The molecule has 0 aromatic heterocycles. The lowest BCUT2D eigenvalue weighted by molar-refractivity contribution is -0.0514. The van der Waals surface area contributed by atoms with Gasteiger partial charge >= 0.3 is 6.61 Å². The van der Waals surface area contributed by atoms with Crippen LogP contribution in [0.3, 0.4) is 0 Å². The number of alkyl halides is 2. The molecule has 1 atom stereocenters. The van der Waals surface area contributed by atoms with Gasteiger partial charge in [0.15, 0.2) is 11.5 Å². The molecule has 1 heterocycles. The first-order chi connectivity index (χ1) is 9.58. The van der Waals surface area contributed by atoms with Crippen molar-refractivity contribution in [2.45, 2.75) is 32.5 Å². The minimum absolute atomic E-state index is 0.0729. The topological polar surface area (TPSA) is 47.7 Å². The van der Waals surface area contributed by atoms with Crippen LogP contribution >= 0.6 is 0 Å². The number of hydrogen-bond acceptors (Lipinski definition) is 4. The largest absolute Gasteiger partial charge is 0.490 e. The van der Waals surface area contributed by atoms with Crippen molar-refractivity contribution in [3.63, 3.8) is 0 Å². The SMILES string of the molecule is CCOc1cc(CN2CCC(N)C2)ccc1OC(F)F. The average molecular weight is 286 g/mol. The molecule has 6 heteroatoms. The van der Waals surface area contributed by atoms with Gasteiger partial charge in [-0.15, -0.1) is 0 Å². The van der Waals surface area contributed by atoms with Gasteiger partial charge in [-0.2, -0.15) is 8.78 Å². The summed E-state index contributed by atoms with van der Waals surface area (Å²) in [5, 5.41) is 0. The molecular weight excluding hydrogens is 266 g/mol. The van der Waals surface area contributed by atoms with Crippen LogP contribution in [-0.2, 0) is 6.54 Å². The monoisotopic (exact) mass is 286 g/mol. The second-order valence-electron chi connectivity index (χ2n) is 4.88. The molecule has 1 saturated heterocycles. The average Bonchev–Trinajstić information content (AvgIpc) is 2.78. The minimum Gasteiger partial charge on any atom is -0.490 e. The van der Waals surface area contributed by atoms with E-state index in [1.54, 1.807) is 19.1 Å². The highest BCUT2D eigenvalue weighted by molar-refractivity contribution is 5.43. The summed E-state index contributed by atoms with van der Waals surface area (Å²) >= 11 is 0. The Balaban J connectivity index is 2.08. The lowest BCUT2D eigenvalue weighted by atomic mass is 10.2. The van der Waals surface area contributed by atoms with Gasteiger partial charge in [0.25, 0.3) is 0 Å². The first kappa shape index (κ1) is 15.0. The summed E-state index contributed by atoms with van der Waals surface area (Å²) in [6, 6.07) is 5.29. The number of ether oxygens (including phenoxy) is 2. The normalized spacial score (nSPS) is 19.6. The second-order valence-corrected chi connectivity index (χ2v) is 4.88. The number of nitrogens with two attached hydrogens (primary N) is 1. The third-order valence-electron chi connectivity index (χ3n) is 3.24. The van der Waals surface area contributed by atoms with Gasteiger partial charge in [0.2, 0.25) is 0 Å². The number of halogens is 2. The standard InChI is InChI=1S/C14H20F2N2O2/c1-2-19-13-7-10(3-4-12(13)20-14(15)16)8-18-6-5-11(17)9-18/h3-4,7,11,14H,2,5-6,8-9,17H2,1H3. The van der Waals surface area contributed by atoms with Crippen LogP contribution in [0.1, 0.15) is 18.9 Å². The molecule has 4 nitrogen and oxygen atoms in total.